The molecule has 1 heterocycles. The lowest BCUT2D eigenvalue weighted by Gasteiger charge is -2.21. The van der Waals surface area contributed by atoms with Crippen molar-refractivity contribution >= 4 is 5.91 Å². The Morgan fingerprint density at radius 3 is 2.88 bits per heavy atom. The zero-order chi connectivity index (χ0) is 12.1. The van der Waals surface area contributed by atoms with Crippen molar-refractivity contribution in [2.24, 2.45) is 5.92 Å². The van der Waals surface area contributed by atoms with Gasteiger partial charge in [-0.25, -0.2) is 0 Å². The number of aliphatic hydroxyl groups excluding tert-OH is 1. The second kappa shape index (κ2) is 5.87. The smallest absolute Gasteiger partial charge is 0.223 e. The van der Waals surface area contributed by atoms with Gasteiger partial charge in [0, 0.05) is 5.92 Å². The predicted molar refractivity (Wildman–Crippen MR) is 63.3 cm³/mol. The maximum atomic E-state index is 11.8. The fourth-order valence-corrected chi connectivity index (χ4v) is 2.29. The van der Waals surface area contributed by atoms with E-state index in [1.165, 1.54) is 12.7 Å². The van der Waals surface area contributed by atoms with Gasteiger partial charge in [-0.1, -0.05) is 19.3 Å². The molecule has 1 unspecified atom stereocenters. The van der Waals surface area contributed by atoms with Crippen LogP contribution >= 0.6 is 0 Å². The van der Waals surface area contributed by atoms with Crippen LogP contribution in [0.5, 0.6) is 0 Å². The number of aliphatic hydroxyl groups is 1. The van der Waals surface area contributed by atoms with Gasteiger partial charge in [0.05, 0.1) is 12.8 Å². The molecule has 0 radical (unpaired) electrons. The topological polar surface area (TPSA) is 62.5 Å². The minimum Gasteiger partial charge on any atom is -0.467 e. The standard InChI is InChI=1S/C13H19NO3/c15-11(12-7-4-8-17-12)9-14-13(16)10-5-2-1-3-6-10/h4,7-8,10-11,15H,1-3,5-6,9H2,(H,14,16). The number of nitrogens with one attached hydrogen (secondary N) is 1. The van der Waals surface area contributed by atoms with Crippen LogP contribution in [0.4, 0.5) is 0 Å². The lowest BCUT2D eigenvalue weighted by atomic mass is 9.88. The number of rotatable bonds is 4. The summed E-state index contributed by atoms with van der Waals surface area (Å²) in [4.78, 5) is 11.8. The number of furan rings is 1. The summed E-state index contributed by atoms with van der Waals surface area (Å²) >= 11 is 0. The molecule has 4 heteroatoms. The SMILES string of the molecule is O=C(NCC(O)c1ccco1)C1CCCCC1. The van der Waals surface area contributed by atoms with Crippen LogP contribution in [0.2, 0.25) is 0 Å². The second-order valence-electron chi connectivity index (χ2n) is 4.61. The molecule has 0 spiro atoms. The van der Waals surface area contributed by atoms with Gasteiger partial charge in [-0.05, 0) is 25.0 Å². The van der Waals surface area contributed by atoms with Gasteiger partial charge >= 0.3 is 0 Å². The predicted octanol–water partition coefficient (Wildman–Crippen LogP) is 2.01. The van der Waals surface area contributed by atoms with Crippen LogP contribution in [0.1, 0.15) is 44.0 Å². The van der Waals surface area contributed by atoms with Crippen LogP contribution in [-0.4, -0.2) is 17.6 Å². The monoisotopic (exact) mass is 237 g/mol. The normalized spacial score (nSPS) is 18.9. The zero-order valence-corrected chi connectivity index (χ0v) is 9.89. The van der Waals surface area contributed by atoms with Gasteiger partial charge in [0.15, 0.2) is 0 Å². The molecule has 17 heavy (non-hydrogen) atoms. The maximum absolute atomic E-state index is 11.8. The van der Waals surface area contributed by atoms with Crippen molar-refractivity contribution in [3.63, 3.8) is 0 Å². The van der Waals surface area contributed by atoms with Gasteiger partial charge in [0.25, 0.3) is 0 Å². The molecule has 0 bridgehead atoms. The number of hydrogen-bond acceptors (Lipinski definition) is 3. The molecule has 2 rings (SSSR count). The first-order valence-corrected chi connectivity index (χ1v) is 6.26. The van der Waals surface area contributed by atoms with E-state index in [0.717, 1.165) is 25.7 Å². The van der Waals surface area contributed by atoms with E-state index < -0.39 is 6.10 Å². The highest BCUT2D eigenvalue weighted by Crippen LogP contribution is 2.23. The Labute approximate surface area is 101 Å². The van der Waals surface area contributed by atoms with Gasteiger partial charge in [-0.3, -0.25) is 4.79 Å². The van der Waals surface area contributed by atoms with E-state index in [9.17, 15) is 9.90 Å². The first kappa shape index (κ1) is 12.2. The molecule has 1 aliphatic carbocycles. The van der Waals surface area contributed by atoms with Crippen molar-refractivity contribution < 1.29 is 14.3 Å². The number of hydrogen-bond donors (Lipinski definition) is 2. The fourth-order valence-electron chi connectivity index (χ4n) is 2.29. The minimum absolute atomic E-state index is 0.0651. The van der Waals surface area contributed by atoms with Gasteiger partial charge in [0.1, 0.15) is 11.9 Å². The first-order chi connectivity index (χ1) is 8.27. The highest BCUT2D eigenvalue weighted by atomic mass is 16.4. The Hall–Kier alpha value is -1.29. The van der Waals surface area contributed by atoms with Crippen LogP contribution in [0.3, 0.4) is 0 Å². The summed E-state index contributed by atoms with van der Waals surface area (Å²) in [5.41, 5.74) is 0. The van der Waals surface area contributed by atoms with Crippen molar-refractivity contribution in [1.82, 2.24) is 5.32 Å². The van der Waals surface area contributed by atoms with E-state index in [1.807, 2.05) is 0 Å². The maximum Gasteiger partial charge on any atom is 0.223 e. The molecule has 1 aromatic rings. The van der Waals surface area contributed by atoms with Crippen molar-refractivity contribution in [3.05, 3.63) is 24.2 Å². The van der Waals surface area contributed by atoms with Crippen molar-refractivity contribution in [3.8, 4) is 0 Å². The first-order valence-electron chi connectivity index (χ1n) is 6.26. The Morgan fingerprint density at radius 2 is 2.24 bits per heavy atom. The summed E-state index contributed by atoms with van der Waals surface area (Å²) in [5, 5.41) is 12.5. The zero-order valence-electron chi connectivity index (χ0n) is 9.89. The Morgan fingerprint density at radius 1 is 1.47 bits per heavy atom. The van der Waals surface area contributed by atoms with E-state index in [4.69, 9.17) is 4.42 Å². The molecule has 1 saturated carbocycles. The third-order valence-electron chi connectivity index (χ3n) is 3.32. The molecular formula is C13H19NO3. The summed E-state index contributed by atoms with van der Waals surface area (Å²) in [7, 11) is 0. The molecule has 1 aromatic heterocycles. The van der Waals surface area contributed by atoms with Gasteiger partial charge in [-0.2, -0.15) is 0 Å². The van der Waals surface area contributed by atoms with Gasteiger partial charge in [0.2, 0.25) is 5.91 Å². The average Bonchev–Trinajstić information content (AvgIpc) is 2.90. The largest absolute Gasteiger partial charge is 0.467 e. The van der Waals surface area contributed by atoms with Gasteiger partial charge < -0.3 is 14.8 Å². The summed E-state index contributed by atoms with van der Waals surface area (Å²) in [5.74, 6) is 0.691. The van der Waals surface area contributed by atoms with E-state index in [2.05, 4.69) is 5.32 Å². The highest BCUT2D eigenvalue weighted by Gasteiger charge is 2.21. The fraction of sp³-hybridized carbons (Fsp3) is 0.615. The second-order valence-corrected chi connectivity index (χ2v) is 4.61. The third kappa shape index (κ3) is 3.33. The Balaban J connectivity index is 1.75. The van der Waals surface area contributed by atoms with E-state index in [-0.39, 0.29) is 18.4 Å². The quantitative estimate of drug-likeness (QED) is 0.842. The van der Waals surface area contributed by atoms with E-state index in [0.29, 0.717) is 5.76 Å². The van der Waals surface area contributed by atoms with Crippen LogP contribution in [0.15, 0.2) is 22.8 Å². The third-order valence-corrected chi connectivity index (χ3v) is 3.32. The molecule has 1 amide bonds. The van der Waals surface area contributed by atoms with Crippen molar-refractivity contribution in [2.45, 2.75) is 38.2 Å². The summed E-state index contributed by atoms with van der Waals surface area (Å²) in [6.45, 7) is 0.225. The molecular weight excluding hydrogens is 218 g/mol. The molecule has 1 atom stereocenters. The van der Waals surface area contributed by atoms with E-state index in [1.54, 1.807) is 12.1 Å². The Kier molecular flexibility index (Phi) is 4.20. The van der Waals surface area contributed by atoms with Crippen LogP contribution in [-0.2, 0) is 4.79 Å². The van der Waals surface area contributed by atoms with Crippen molar-refractivity contribution in [2.75, 3.05) is 6.54 Å². The summed E-state index contributed by atoms with van der Waals surface area (Å²) in [6, 6.07) is 3.43. The number of carbonyl (C=O) groups is 1. The van der Waals surface area contributed by atoms with Crippen molar-refractivity contribution in [1.29, 1.82) is 0 Å². The minimum atomic E-state index is -0.752. The molecule has 94 valence electrons. The lowest BCUT2D eigenvalue weighted by Crippen LogP contribution is -2.34. The van der Waals surface area contributed by atoms with E-state index >= 15 is 0 Å². The highest BCUT2D eigenvalue weighted by molar-refractivity contribution is 5.78. The lowest BCUT2D eigenvalue weighted by molar-refractivity contribution is -0.126. The number of carbonyl (C=O) groups excluding carboxylic acids is 1. The summed E-state index contributed by atoms with van der Waals surface area (Å²) < 4.78 is 5.07. The van der Waals surface area contributed by atoms with Gasteiger partial charge in [-0.15, -0.1) is 0 Å². The molecule has 0 aromatic carbocycles. The Bertz CT molecular complexity index is 342. The molecule has 2 N–H and O–H groups in total. The molecule has 0 saturated heterocycles. The number of amides is 1. The summed E-state index contributed by atoms with van der Waals surface area (Å²) in [6.07, 6.45) is 6.22. The molecule has 4 nitrogen and oxygen atoms in total. The molecule has 1 fully saturated rings. The molecule has 1 aliphatic rings. The van der Waals surface area contributed by atoms with Crippen LogP contribution in [0.25, 0.3) is 0 Å². The average molecular weight is 237 g/mol. The van der Waals surface area contributed by atoms with Crippen LogP contribution in [0, 0.1) is 5.92 Å². The molecule has 0 aliphatic heterocycles. The van der Waals surface area contributed by atoms with Crippen LogP contribution < -0.4 is 5.32 Å².